The molecule has 0 fully saturated rings. The monoisotopic (exact) mass is 439 g/mol. The summed E-state index contributed by atoms with van der Waals surface area (Å²) in [6.45, 7) is 5.15. The van der Waals surface area contributed by atoms with Crippen LogP contribution < -0.4 is 4.74 Å². The highest BCUT2D eigenvalue weighted by Crippen LogP contribution is 2.34. The second kappa shape index (κ2) is 9.03. The zero-order valence-corrected chi connectivity index (χ0v) is 18.0. The minimum atomic E-state index is -0.382. The third kappa shape index (κ3) is 4.72. The second-order valence-corrected chi connectivity index (χ2v) is 7.62. The van der Waals surface area contributed by atoms with Crippen molar-refractivity contribution in [3.63, 3.8) is 0 Å². The van der Waals surface area contributed by atoms with Gasteiger partial charge in [0.2, 0.25) is 0 Å². The van der Waals surface area contributed by atoms with Crippen LogP contribution >= 0.6 is 34.8 Å². The van der Waals surface area contributed by atoms with Crippen molar-refractivity contribution in [2.24, 2.45) is 10.1 Å². The van der Waals surface area contributed by atoms with Gasteiger partial charge in [0, 0.05) is 25.2 Å². The Morgan fingerprint density at radius 2 is 2.00 bits per heavy atom. The number of halogens is 3. The topological polar surface area (TPSA) is 46.4 Å². The van der Waals surface area contributed by atoms with Gasteiger partial charge in [-0.1, -0.05) is 46.0 Å². The Hall–Kier alpha value is -1.95. The van der Waals surface area contributed by atoms with Crippen LogP contribution in [0.15, 0.2) is 40.5 Å². The normalized spacial score (nSPS) is 16.2. The number of hydrogen-bond acceptors (Lipinski definition) is 4. The quantitative estimate of drug-likeness (QED) is 0.424. The van der Waals surface area contributed by atoms with Crippen LogP contribution in [-0.2, 0) is 4.84 Å². The van der Waals surface area contributed by atoms with Gasteiger partial charge in [-0.3, -0.25) is 0 Å². The average Bonchev–Trinajstić information content (AvgIpc) is 3.13. The molecule has 1 unspecified atom stereocenters. The number of aliphatic imine (C=N–C) groups is 1. The van der Waals surface area contributed by atoms with E-state index in [1.165, 1.54) is 0 Å². The van der Waals surface area contributed by atoms with E-state index < -0.39 is 0 Å². The number of rotatable bonds is 6. The molecule has 148 valence electrons. The first-order valence-electron chi connectivity index (χ1n) is 8.75. The first-order valence-corrected chi connectivity index (χ1v) is 9.89. The van der Waals surface area contributed by atoms with Crippen molar-refractivity contribution >= 4 is 52.5 Å². The fourth-order valence-corrected chi connectivity index (χ4v) is 3.07. The van der Waals surface area contributed by atoms with E-state index >= 15 is 0 Å². The third-order valence-corrected chi connectivity index (χ3v) is 5.36. The molecule has 5 nitrogen and oxygen atoms in total. The SMILES string of the molecule is CCN(C)/C=N/c1cc(C)c(OC2CON=C2c2ccc(Cl)c(Cl)c2)cc1Cl. The summed E-state index contributed by atoms with van der Waals surface area (Å²) in [5.41, 5.74) is 3.05. The Balaban J connectivity index is 1.81. The van der Waals surface area contributed by atoms with Crippen LogP contribution in [-0.4, -0.2) is 43.3 Å². The van der Waals surface area contributed by atoms with E-state index in [4.69, 9.17) is 44.4 Å². The van der Waals surface area contributed by atoms with Crippen molar-refractivity contribution in [3.05, 3.63) is 56.5 Å². The van der Waals surface area contributed by atoms with E-state index in [2.05, 4.69) is 10.1 Å². The molecule has 0 aromatic heterocycles. The van der Waals surface area contributed by atoms with E-state index in [-0.39, 0.29) is 6.10 Å². The van der Waals surface area contributed by atoms with Crippen molar-refractivity contribution in [1.29, 1.82) is 0 Å². The predicted molar refractivity (Wildman–Crippen MR) is 116 cm³/mol. The molecule has 1 heterocycles. The maximum atomic E-state index is 6.40. The standard InChI is InChI=1S/C20H20Cl3N3O2/c1-4-26(3)11-24-17-7-12(2)18(9-16(17)23)28-19-10-27-25-20(19)13-5-6-14(21)15(22)8-13/h5-9,11,19H,4,10H2,1-3H3/b24-11+. The predicted octanol–water partition coefficient (Wildman–Crippen LogP) is 5.75. The summed E-state index contributed by atoms with van der Waals surface area (Å²) in [5.74, 6) is 0.649. The van der Waals surface area contributed by atoms with Gasteiger partial charge >= 0.3 is 0 Å². The molecule has 0 saturated carbocycles. The van der Waals surface area contributed by atoms with E-state index in [0.717, 1.165) is 17.7 Å². The number of hydrogen-bond donors (Lipinski definition) is 0. The van der Waals surface area contributed by atoms with Gasteiger partial charge in [0.1, 0.15) is 11.5 Å². The van der Waals surface area contributed by atoms with Crippen molar-refractivity contribution in [3.8, 4) is 5.75 Å². The molecule has 0 radical (unpaired) electrons. The van der Waals surface area contributed by atoms with Gasteiger partial charge in [0.25, 0.3) is 0 Å². The van der Waals surface area contributed by atoms with Crippen LogP contribution in [0.2, 0.25) is 15.1 Å². The van der Waals surface area contributed by atoms with Gasteiger partial charge in [0.15, 0.2) is 12.7 Å². The van der Waals surface area contributed by atoms with Crippen LogP contribution in [0.3, 0.4) is 0 Å². The van der Waals surface area contributed by atoms with Crippen LogP contribution in [0.5, 0.6) is 5.75 Å². The van der Waals surface area contributed by atoms with E-state index in [1.54, 1.807) is 24.5 Å². The van der Waals surface area contributed by atoms with Crippen LogP contribution in [0.25, 0.3) is 0 Å². The second-order valence-electron chi connectivity index (χ2n) is 6.39. The Labute approximate surface area is 179 Å². The maximum absolute atomic E-state index is 6.40. The summed E-state index contributed by atoms with van der Waals surface area (Å²) in [5, 5.41) is 5.55. The number of nitrogens with zero attached hydrogens (tertiary/aromatic N) is 3. The van der Waals surface area contributed by atoms with Gasteiger partial charge in [-0.2, -0.15) is 0 Å². The molecule has 0 aliphatic carbocycles. The van der Waals surface area contributed by atoms with Gasteiger partial charge in [0.05, 0.1) is 27.1 Å². The number of ether oxygens (including phenoxy) is 1. The smallest absolute Gasteiger partial charge is 0.181 e. The van der Waals surface area contributed by atoms with Gasteiger partial charge in [-0.15, -0.1) is 0 Å². The summed E-state index contributed by atoms with van der Waals surface area (Å²) in [6.07, 6.45) is 1.37. The highest BCUT2D eigenvalue weighted by molar-refractivity contribution is 6.42. The molecule has 0 spiro atoms. The van der Waals surface area contributed by atoms with Crippen LogP contribution in [0.1, 0.15) is 18.1 Å². The highest BCUT2D eigenvalue weighted by Gasteiger charge is 2.28. The fourth-order valence-electron chi connectivity index (χ4n) is 2.57. The minimum Gasteiger partial charge on any atom is -0.480 e. The third-order valence-electron chi connectivity index (χ3n) is 4.32. The Morgan fingerprint density at radius 3 is 2.71 bits per heavy atom. The van der Waals surface area contributed by atoms with E-state index in [9.17, 15) is 0 Å². The maximum Gasteiger partial charge on any atom is 0.181 e. The first-order chi connectivity index (χ1) is 13.4. The summed E-state index contributed by atoms with van der Waals surface area (Å²) in [7, 11) is 1.95. The van der Waals surface area contributed by atoms with Crippen LogP contribution in [0.4, 0.5) is 5.69 Å². The van der Waals surface area contributed by atoms with Gasteiger partial charge in [-0.25, -0.2) is 4.99 Å². The van der Waals surface area contributed by atoms with Crippen molar-refractivity contribution < 1.29 is 9.57 Å². The number of oxime groups is 1. The van der Waals surface area contributed by atoms with E-state index in [0.29, 0.717) is 38.8 Å². The lowest BCUT2D eigenvalue weighted by molar-refractivity contribution is 0.115. The molecule has 0 N–H and O–H groups in total. The molecule has 0 saturated heterocycles. The molecule has 2 aromatic carbocycles. The zero-order chi connectivity index (χ0) is 20.3. The molecular weight excluding hydrogens is 421 g/mol. The lowest BCUT2D eigenvalue weighted by Crippen LogP contribution is -2.28. The zero-order valence-electron chi connectivity index (χ0n) is 15.7. The molecule has 1 aliphatic rings. The van der Waals surface area contributed by atoms with E-state index in [1.807, 2.05) is 37.9 Å². The minimum absolute atomic E-state index is 0.299. The Kier molecular flexibility index (Phi) is 6.70. The molecule has 0 bridgehead atoms. The van der Waals surface area contributed by atoms with Crippen molar-refractivity contribution in [2.45, 2.75) is 20.0 Å². The molecule has 1 atom stereocenters. The molecule has 3 rings (SSSR count). The molecule has 8 heteroatoms. The first kappa shape index (κ1) is 20.8. The molecular formula is C20H20Cl3N3O2. The summed E-state index contributed by atoms with van der Waals surface area (Å²) in [6, 6.07) is 8.96. The molecule has 1 aliphatic heterocycles. The van der Waals surface area contributed by atoms with Crippen LogP contribution in [0, 0.1) is 6.92 Å². The van der Waals surface area contributed by atoms with Crippen molar-refractivity contribution in [2.75, 3.05) is 20.2 Å². The van der Waals surface area contributed by atoms with Gasteiger partial charge < -0.3 is 14.5 Å². The Morgan fingerprint density at radius 1 is 1.21 bits per heavy atom. The molecule has 2 aromatic rings. The van der Waals surface area contributed by atoms with Gasteiger partial charge in [-0.05, 0) is 37.6 Å². The summed E-state index contributed by atoms with van der Waals surface area (Å²) >= 11 is 18.5. The lowest BCUT2D eigenvalue weighted by Gasteiger charge is -2.17. The molecule has 28 heavy (non-hydrogen) atoms. The summed E-state index contributed by atoms with van der Waals surface area (Å²) in [4.78, 5) is 11.7. The number of benzene rings is 2. The highest BCUT2D eigenvalue weighted by atomic mass is 35.5. The fraction of sp³-hybridized carbons (Fsp3) is 0.300. The average molecular weight is 441 g/mol. The largest absolute Gasteiger partial charge is 0.480 e. The molecule has 0 amide bonds. The Bertz CT molecular complexity index is 931. The van der Waals surface area contributed by atoms with Crippen molar-refractivity contribution in [1.82, 2.24) is 4.90 Å². The number of aryl methyl sites for hydroxylation is 1. The lowest BCUT2D eigenvalue weighted by atomic mass is 10.1. The summed E-state index contributed by atoms with van der Waals surface area (Å²) < 4.78 is 6.15.